The van der Waals surface area contributed by atoms with E-state index in [1.807, 2.05) is 52.8 Å². The van der Waals surface area contributed by atoms with Crippen molar-refractivity contribution in [2.45, 2.75) is 34.6 Å². The van der Waals surface area contributed by atoms with Crippen LogP contribution in [0.25, 0.3) is 55.9 Å². The molecule has 0 saturated carbocycles. The van der Waals surface area contributed by atoms with E-state index >= 15 is 0 Å². The van der Waals surface area contributed by atoms with Crippen molar-refractivity contribution in [1.29, 1.82) is 0 Å². The SMILES string of the molecule is CC.CC.Cc1cccc2nc(-c3ccc(-c4ccccc4-c4ccccc4-c4ccc(N(c5ccccc5)c5ccccc5)cc4)cc3)oc12. The number of fused-ring (bicyclic) bond motifs is 1. The minimum Gasteiger partial charge on any atom is -0.436 e. The van der Waals surface area contributed by atoms with Gasteiger partial charge in [-0.1, -0.05) is 149 Å². The number of benzene rings is 7. The van der Waals surface area contributed by atoms with Gasteiger partial charge >= 0.3 is 0 Å². The van der Waals surface area contributed by atoms with Gasteiger partial charge in [-0.15, -0.1) is 0 Å². The van der Waals surface area contributed by atoms with Crippen molar-refractivity contribution < 1.29 is 4.42 Å². The number of anilines is 3. The lowest BCUT2D eigenvalue weighted by Gasteiger charge is -2.25. The molecule has 0 amide bonds. The summed E-state index contributed by atoms with van der Waals surface area (Å²) >= 11 is 0. The van der Waals surface area contributed by atoms with Gasteiger partial charge < -0.3 is 9.32 Å². The van der Waals surface area contributed by atoms with Crippen molar-refractivity contribution in [3.05, 3.63) is 181 Å². The molecular formula is C48H44N2O. The van der Waals surface area contributed by atoms with Crippen LogP contribution in [0, 0.1) is 6.92 Å². The first-order valence-corrected chi connectivity index (χ1v) is 17.9. The summed E-state index contributed by atoms with van der Waals surface area (Å²) in [6.45, 7) is 10.0. The van der Waals surface area contributed by atoms with Gasteiger partial charge in [-0.2, -0.15) is 0 Å². The van der Waals surface area contributed by atoms with Gasteiger partial charge in [0.15, 0.2) is 5.58 Å². The molecule has 252 valence electrons. The molecule has 3 heteroatoms. The molecule has 0 atom stereocenters. The van der Waals surface area contributed by atoms with Crippen molar-refractivity contribution in [3.8, 4) is 44.8 Å². The van der Waals surface area contributed by atoms with E-state index in [0.29, 0.717) is 5.89 Å². The average molecular weight is 665 g/mol. The number of aryl methyl sites for hydroxylation is 1. The van der Waals surface area contributed by atoms with Crippen LogP contribution in [0.4, 0.5) is 17.1 Å². The molecule has 7 aromatic carbocycles. The van der Waals surface area contributed by atoms with E-state index in [2.05, 4.69) is 163 Å². The highest BCUT2D eigenvalue weighted by atomic mass is 16.3. The summed E-state index contributed by atoms with van der Waals surface area (Å²) in [5.41, 5.74) is 14.2. The van der Waals surface area contributed by atoms with E-state index < -0.39 is 0 Å². The number of nitrogens with zero attached hydrogens (tertiary/aromatic N) is 2. The number of oxazole rings is 1. The predicted molar refractivity (Wildman–Crippen MR) is 218 cm³/mol. The minimum absolute atomic E-state index is 0.640. The normalized spacial score (nSPS) is 10.5. The van der Waals surface area contributed by atoms with Crippen LogP contribution in [0.15, 0.2) is 180 Å². The van der Waals surface area contributed by atoms with Crippen LogP contribution in [0.3, 0.4) is 0 Å². The van der Waals surface area contributed by atoms with E-state index in [0.717, 1.165) is 44.9 Å². The topological polar surface area (TPSA) is 29.3 Å². The van der Waals surface area contributed by atoms with Crippen LogP contribution in [0.2, 0.25) is 0 Å². The van der Waals surface area contributed by atoms with Crippen molar-refractivity contribution >= 4 is 28.2 Å². The molecule has 1 heterocycles. The number of aromatic nitrogens is 1. The van der Waals surface area contributed by atoms with Crippen LogP contribution >= 0.6 is 0 Å². The van der Waals surface area contributed by atoms with Crippen molar-refractivity contribution in [3.63, 3.8) is 0 Å². The molecule has 0 aliphatic heterocycles. The average Bonchev–Trinajstić information content (AvgIpc) is 3.67. The van der Waals surface area contributed by atoms with Crippen LogP contribution in [0.1, 0.15) is 33.3 Å². The highest BCUT2D eigenvalue weighted by molar-refractivity contribution is 5.92. The standard InChI is InChI=1S/C44H32N2O.2C2H6/c1-31-13-12-22-42-43(31)47-44(45-42)34-25-23-32(24-26-34)38-18-8-10-20-40(38)41-21-11-9-19-39(41)33-27-29-37(30-28-33)46(35-14-4-2-5-15-35)36-16-6-3-7-17-36;2*1-2/h2-30H,1H3;2*1-2H3. The Balaban J connectivity index is 0.00000108. The van der Waals surface area contributed by atoms with E-state index in [1.54, 1.807) is 0 Å². The molecule has 51 heavy (non-hydrogen) atoms. The second-order valence-corrected chi connectivity index (χ2v) is 11.7. The minimum atomic E-state index is 0.640. The van der Waals surface area contributed by atoms with Crippen molar-refractivity contribution in [1.82, 2.24) is 4.98 Å². The van der Waals surface area contributed by atoms with E-state index in [1.165, 1.54) is 27.8 Å². The number of rotatable bonds is 7. The molecule has 3 nitrogen and oxygen atoms in total. The van der Waals surface area contributed by atoms with E-state index in [4.69, 9.17) is 9.40 Å². The summed E-state index contributed by atoms with van der Waals surface area (Å²) in [5.74, 6) is 0.640. The highest BCUT2D eigenvalue weighted by Crippen LogP contribution is 2.40. The molecule has 0 fully saturated rings. The lowest BCUT2D eigenvalue weighted by atomic mass is 9.89. The smallest absolute Gasteiger partial charge is 0.227 e. The zero-order valence-corrected chi connectivity index (χ0v) is 30.0. The summed E-state index contributed by atoms with van der Waals surface area (Å²) in [5, 5.41) is 0. The molecule has 0 aliphatic rings. The monoisotopic (exact) mass is 664 g/mol. The summed E-state index contributed by atoms with van der Waals surface area (Å²) in [7, 11) is 0. The summed E-state index contributed by atoms with van der Waals surface area (Å²) in [6.07, 6.45) is 0. The van der Waals surface area contributed by atoms with Crippen LogP contribution < -0.4 is 4.90 Å². The van der Waals surface area contributed by atoms with E-state index in [-0.39, 0.29) is 0 Å². The molecule has 0 unspecified atom stereocenters. The highest BCUT2D eigenvalue weighted by Gasteiger charge is 2.16. The van der Waals surface area contributed by atoms with Crippen molar-refractivity contribution in [2.75, 3.05) is 4.90 Å². The second kappa shape index (κ2) is 16.5. The van der Waals surface area contributed by atoms with Gasteiger partial charge in [-0.3, -0.25) is 0 Å². The number of hydrogen-bond acceptors (Lipinski definition) is 3. The Morgan fingerprint density at radius 1 is 0.392 bits per heavy atom. The van der Waals surface area contributed by atoms with Crippen LogP contribution in [-0.4, -0.2) is 4.98 Å². The Morgan fingerprint density at radius 2 is 0.804 bits per heavy atom. The van der Waals surface area contributed by atoms with Gasteiger partial charge in [0.05, 0.1) is 0 Å². The first-order valence-electron chi connectivity index (χ1n) is 17.9. The Labute approximate surface area is 302 Å². The fraction of sp³-hybridized carbons (Fsp3) is 0.104. The third kappa shape index (κ3) is 7.39. The molecule has 8 aromatic rings. The second-order valence-electron chi connectivity index (χ2n) is 11.7. The largest absolute Gasteiger partial charge is 0.436 e. The predicted octanol–water partition coefficient (Wildman–Crippen LogP) is 14.3. The number of para-hydroxylation sites is 3. The maximum Gasteiger partial charge on any atom is 0.227 e. The van der Waals surface area contributed by atoms with Gasteiger partial charge in [-0.25, -0.2) is 4.98 Å². The third-order valence-electron chi connectivity index (χ3n) is 8.66. The zero-order chi connectivity index (χ0) is 35.6. The van der Waals surface area contributed by atoms with E-state index in [9.17, 15) is 0 Å². The Morgan fingerprint density at radius 3 is 1.29 bits per heavy atom. The fourth-order valence-electron chi connectivity index (χ4n) is 6.33. The lowest BCUT2D eigenvalue weighted by molar-refractivity contribution is 0.617. The van der Waals surface area contributed by atoms with Gasteiger partial charge in [0.1, 0.15) is 5.52 Å². The zero-order valence-electron chi connectivity index (χ0n) is 30.0. The molecule has 0 spiro atoms. The molecule has 0 radical (unpaired) electrons. The van der Waals surface area contributed by atoms with Crippen LogP contribution in [-0.2, 0) is 0 Å². The number of hydrogen-bond donors (Lipinski definition) is 0. The first kappa shape index (κ1) is 34.7. The first-order chi connectivity index (χ1) is 25.2. The van der Waals surface area contributed by atoms with Gasteiger partial charge in [-0.05, 0) is 100 Å². The molecule has 0 saturated heterocycles. The summed E-state index contributed by atoms with van der Waals surface area (Å²) in [4.78, 5) is 7.03. The fourth-order valence-corrected chi connectivity index (χ4v) is 6.33. The molecular weight excluding hydrogens is 621 g/mol. The molecule has 0 N–H and O–H groups in total. The maximum absolute atomic E-state index is 6.15. The molecule has 0 aliphatic carbocycles. The summed E-state index contributed by atoms with van der Waals surface area (Å²) in [6, 6.07) is 61.8. The Kier molecular flexibility index (Phi) is 11.2. The van der Waals surface area contributed by atoms with Gasteiger partial charge in [0.2, 0.25) is 5.89 Å². The maximum atomic E-state index is 6.15. The van der Waals surface area contributed by atoms with Crippen molar-refractivity contribution in [2.24, 2.45) is 0 Å². The molecule has 1 aromatic heterocycles. The molecule has 0 bridgehead atoms. The van der Waals surface area contributed by atoms with Crippen LogP contribution in [0.5, 0.6) is 0 Å². The third-order valence-corrected chi connectivity index (χ3v) is 8.66. The van der Waals surface area contributed by atoms with Gasteiger partial charge in [0.25, 0.3) is 0 Å². The lowest BCUT2D eigenvalue weighted by Crippen LogP contribution is -2.09. The van der Waals surface area contributed by atoms with Gasteiger partial charge in [0, 0.05) is 22.6 Å². The molecule has 8 rings (SSSR count). The summed E-state index contributed by atoms with van der Waals surface area (Å²) < 4.78 is 6.15. The Bertz CT molecular complexity index is 2250. The Hall–Kier alpha value is -6.19. The quantitative estimate of drug-likeness (QED) is 0.170.